The third-order valence-corrected chi connectivity index (χ3v) is 7.16. The second-order valence-corrected chi connectivity index (χ2v) is 11.8. The molecule has 0 heterocycles. The molecule has 0 saturated carbocycles. The van der Waals surface area contributed by atoms with Crippen LogP contribution in [-0.4, -0.2) is 11.1 Å². The van der Waals surface area contributed by atoms with Crippen molar-refractivity contribution in [1.29, 1.82) is 0 Å². The monoisotopic (exact) mass is 320 g/mol. The fourth-order valence-electron chi connectivity index (χ4n) is 0. The quantitative estimate of drug-likeness (QED) is 0.751. The summed E-state index contributed by atoms with van der Waals surface area (Å²) in [5, 5.41) is 7.42. The van der Waals surface area contributed by atoms with Gasteiger partial charge in [-0.2, -0.15) is 0 Å². The van der Waals surface area contributed by atoms with Gasteiger partial charge in [-0.3, -0.25) is 4.79 Å². The van der Waals surface area contributed by atoms with Gasteiger partial charge in [0, 0.05) is 6.92 Å². The molecule has 3 heteroatoms. The van der Waals surface area contributed by atoms with Crippen molar-refractivity contribution < 1.29 is 34.5 Å². The first-order chi connectivity index (χ1) is 4.00. The molecule has 0 aromatic carbocycles. The minimum absolute atomic E-state index is 0.225. The van der Waals surface area contributed by atoms with Crippen LogP contribution in [0.1, 0.15) is 20.8 Å². The second kappa shape index (κ2) is 8.41. The van der Waals surface area contributed by atoms with Crippen molar-refractivity contribution in [3.63, 3.8) is 0 Å². The summed E-state index contributed by atoms with van der Waals surface area (Å²) >= 11 is -0.225. The number of carboxylic acid groups (broad SMARTS) is 1. The Labute approximate surface area is 69.1 Å². The van der Waals surface area contributed by atoms with Crippen molar-refractivity contribution in [1.82, 2.24) is 0 Å². The van der Waals surface area contributed by atoms with E-state index in [1.807, 2.05) is 0 Å². The molecule has 0 atom stereocenters. The van der Waals surface area contributed by atoms with Crippen LogP contribution in [0.5, 0.6) is 0 Å². The van der Waals surface area contributed by atoms with Gasteiger partial charge in [0.2, 0.25) is 0 Å². The Morgan fingerprint density at radius 1 is 1.56 bits per heavy atom. The Balaban J connectivity index is 0. The van der Waals surface area contributed by atoms with Crippen molar-refractivity contribution in [3.8, 4) is 0 Å². The van der Waals surface area contributed by atoms with Gasteiger partial charge in [0.25, 0.3) is 5.97 Å². The SMILES string of the molecule is CC(=O)O.[CH3][Hg][CH](C)C. The molecule has 0 amide bonds. The summed E-state index contributed by atoms with van der Waals surface area (Å²) in [4.78, 5) is 9.00. The number of hydrogen-bond donors (Lipinski definition) is 1. The van der Waals surface area contributed by atoms with Crippen molar-refractivity contribution in [3.05, 3.63) is 0 Å². The van der Waals surface area contributed by atoms with E-state index in [0.717, 1.165) is 10.4 Å². The summed E-state index contributed by atoms with van der Waals surface area (Å²) in [6.45, 7) is 5.73. The third-order valence-electron chi connectivity index (χ3n) is 0.816. The summed E-state index contributed by atoms with van der Waals surface area (Å²) in [5.74, 6) is -0.833. The van der Waals surface area contributed by atoms with Crippen LogP contribution < -0.4 is 0 Å². The standard InChI is InChI=1S/C3H7.C2H4O2.CH3.Hg/c1-3-2;1-2(3)4;;/h3H,1-2H3;1H3,(H,3,4);1H3;. The molecule has 1 N–H and O–H groups in total. The van der Waals surface area contributed by atoms with Crippen LogP contribution >= 0.6 is 0 Å². The predicted molar refractivity (Wildman–Crippen MR) is 34.3 cm³/mol. The van der Waals surface area contributed by atoms with Crippen LogP contribution in [0.15, 0.2) is 0 Å². The molecule has 2 nitrogen and oxygen atoms in total. The number of carbonyl (C=O) groups is 1. The number of carboxylic acids is 1. The molecule has 0 aliphatic rings. The van der Waals surface area contributed by atoms with Gasteiger partial charge in [-0.1, -0.05) is 0 Å². The molecular weight excluding hydrogens is 305 g/mol. The summed E-state index contributed by atoms with van der Waals surface area (Å²) in [5.41, 5.74) is 0. The van der Waals surface area contributed by atoms with E-state index in [9.17, 15) is 0 Å². The fourth-order valence-corrected chi connectivity index (χ4v) is 0. The average Bonchev–Trinajstić information content (AvgIpc) is 1.65. The maximum atomic E-state index is 9.00. The van der Waals surface area contributed by atoms with E-state index in [0.29, 0.717) is 0 Å². The molecule has 0 spiro atoms. The van der Waals surface area contributed by atoms with Crippen LogP contribution in [0.3, 0.4) is 0 Å². The third kappa shape index (κ3) is 59.6. The summed E-state index contributed by atoms with van der Waals surface area (Å²) < 4.78 is 3.53. The first-order valence-corrected chi connectivity index (χ1v) is 11.9. The molecule has 0 rings (SSSR count). The number of hydrogen-bond acceptors (Lipinski definition) is 1. The Hall–Kier alpha value is 0.405. The van der Waals surface area contributed by atoms with Crippen LogP contribution in [0.2, 0.25) is 7.86 Å². The van der Waals surface area contributed by atoms with Crippen molar-refractivity contribution >= 4 is 5.97 Å². The first kappa shape index (κ1) is 12.1. The summed E-state index contributed by atoms with van der Waals surface area (Å²) in [7, 11) is 0. The van der Waals surface area contributed by atoms with Gasteiger partial charge in [-0.25, -0.2) is 0 Å². The van der Waals surface area contributed by atoms with E-state index in [1.165, 1.54) is 0 Å². The van der Waals surface area contributed by atoms with E-state index < -0.39 is 5.97 Å². The van der Waals surface area contributed by atoms with E-state index in [2.05, 4.69) is 18.3 Å². The van der Waals surface area contributed by atoms with Gasteiger partial charge < -0.3 is 5.11 Å². The van der Waals surface area contributed by atoms with Crippen molar-refractivity contribution in [2.24, 2.45) is 0 Å². The normalized spacial score (nSPS) is 7.22. The zero-order valence-corrected chi connectivity index (χ0v) is 12.1. The average molecular weight is 319 g/mol. The molecule has 0 aromatic heterocycles. The van der Waals surface area contributed by atoms with E-state index in [4.69, 9.17) is 9.90 Å². The Morgan fingerprint density at radius 3 is 1.67 bits per heavy atom. The molecular formula is C6H14HgO2. The van der Waals surface area contributed by atoms with Gasteiger partial charge in [0.1, 0.15) is 0 Å². The number of aliphatic carboxylic acids is 1. The zero-order valence-electron chi connectivity index (χ0n) is 6.64. The van der Waals surface area contributed by atoms with Gasteiger partial charge in [0.15, 0.2) is 0 Å². The van der Waals surface area contributed by atoms with Crippen LogP contribution in [0, 0.1) is 0 Å². The molecule has 0 fully saturated rings. The molecule has 0 unspecified atom stereocenters. The molecule has 0 radical (unpaired) electrons. The van der Waals surface area contributed by atoms with Gasteiger partial charge in [-0.05, 0) is 0 Å². The molecule has 0 aromatic rings. The van der Waals surface area contributed by atoms with E-state index in [1.54, 1.807) is 0 Å². The van der Waals surface area contributed by atoms with Crippen LogP contribution in [0.25, 0.3) is 0 Å². The maximum absolute atomic E-state index is 9.00. The molecule has 9 heavy (non-hydrogen) atoms. The van der Waals surface area contributed by atoms with Gasteiger partial charge in [0.05, 0.1) is 0 Å². The Morgan fingerprint density at radius 2 is 1.67 bits per heavy atom. The molecule has 0 bridgehead atoms. The molecule has 0 aliphatic carbocycles. The summed E-state index contributed by atoms with van der Waals surface area (Å²) in [6, 6.07) is 0. The van der Waals surface area contributed by atoms with Crippen molar-refractivity contribution in [2.45, 2.75) is 28.6 Å². The molecule has 0 aliphatic heterocycles. The first-order valence-electron chi connectivity index (χ1n) is 3.20. The fraction of sp³-hybridized carbons (Fsp3) is 0.833. The summed E-state index contributed by atoms with van der Waals surface area (Å²) in [6.07, 6.45) is 0. The Bertz CT molecular complexity index is 67.5. The minimum atomic E-state index is -0.833. The molecule has 0 saturated heterocycles. The van der Waals surface area contributed by atoms with E-state index in [-0.39, 0.29) is 24.6 Å². The zero-order chi connectivity index (χ0) is 7.86. The second-order valence-electron chi connectivity index (χ2n) is 2.32. The van der Waals surface area contributed by atoms with Crippen LogP contribution in [-0.2, 0) is 29.4 Å². The molecule has 52 valence electrons. The van der Waals surface area contributed by atoms with E-state index >= 15 is 0 Å². The van der Waals surface area contributed by atoms with Crippen LogP contribution in [0.4, 0.5) is 0 Å². The van der Waals surface area contributed by atoms with Gasteiger partial charge >= 0.3 is 46.3 Å². The predicted octanol–water partition coefficient (Wildman–Crippen LogP) is 2.04. The number of rotatable bonds is 1. The Kier molecular flexibility index (Phi) is 11.3. The van der Waals surface area contributed by atoms with Crippen molar-refractivity contribution in [2.75, 3.05) is 0 Å². The van der Waals surface area contributed by atoms with Gasteiger partial charge in [-0.15, -0.1) is 0 Å². The topological polar surface area (TPSA) is 37.3 Å².